The standard InChI is InChI=1S/C20H20N2O7/c1-6-8-4-3-5-9(23)11(8)16(24)12-10(6)17(25)13-14(21)15(22-29)7(2)18(26)20(13,28)19(12)27/h3-6,10,13-14,17,23-25,28H,21H2,1-2H3. The summed E-state index contributed by atoms with van der Waals surface area (Å²) in [6.07, 6.45) is -1.54. The Bertz CT molecular complexity index is 1040. The molecule has 9 heteroatoms. The molecule has 0 spiro atoms. The maximum atomic E-state index is 13.4. The molecule has 1 fully saturated rings. The van der Waals surface area contributed by atoms with E-state index >= 15 is 0 Å². The van der Waals surface area contributed by atoms with Crippen molar-refractivity contribution in [3.05, 3.63) is 51.1 Å². The molecule has 6 atom stereocenters. The predicted molar refractivity (Wildman–Crippen MR) is 100 cm³/mol. The third-order valence-corrected chi connectivity index (χ3v) is 6.61. The van der Waals surface area contributed by atoms with Crippen LogP contribution in [0.1, 0.15) is 30.9 Å². The normalized spacial score (nSPS) is 36.5. The summed E-state index contributed by atoms with van der Waals surface area (Å²) in [6.45, 7) is 2.91. The second-order valence-corrected chi connectivity index (χ2v) is 7.89. The molecule has 1 saturated carbocycles. The number of nitrogens with two attached hydrogens (primary N) is 1. The number of carbonyl (C=O) groups is 2. The molecular formula is C20H20N2O7. The Kier molecular flexibility index (Phi) is 4.06. The van der Waals surface area contributed by atoms with Gasteiger partial charge < -0.3 is 26.2 Å². The fourth-order valence-corrected chi connectivity index (χ4v) is 5.16. The second kappa shape index (κ2) is 6.06. The number of rotatable bonds is 1. The quantitative estimate of drug-likeness (QED) is 0.337. The zero-order valence-electron chi connectivity index (χ0n) is 15.7. The average molecular weight is 400 g/mol. The Morgan fingerprint density at radius 1 is 1.17 bits per heavy atom. The Morgan fingerprint density at radius 2 is 1.83 bits per heavy atom. The van der Waals surface area contributed by atoms with E-state index in [2.05, 4.69) is 5.18 Å². The van der Waals surface area contributed by atoms with E-state index in [1.165, 1.54) is 13.0 Å². The molecule has 3 aliphatic carbocycles. The SMILES string of the molecule is CC1=C(N=O)C(N)C2C(O)C3C(=C(O)c4c(O)cccc4C3C)C(=O)C2(O)C1=O. The van der Waals surface area contributed by atoms with Crippen LogP contribution in [0, 0.1) is 16.7 Å². The van der Waals surface area contributed by atoms with Gasteiger partial charge in [-0.05, 0) is 29.6 Å². The van der Waals surface area contributed by atoms with Gasteiger partial charge in [0.25, 0.3) is 0 Å². The fourth-order valence-electron chi connectivity index (χ4n) is 5.16. The summed E-state index contributed by atoms with van der Waals surface area (Å²) in [7, 11) is 0. The molecule has 1 aromatic carbocycles. The second-order valence-electron chi connectivity index (χ2n) is 7.89. The van der Waals surface area contributed by atoms with Crippen LogP contribution in [0.25, 0.3) is 5.76 Å². The highest BCUT2D eigenvalue weighted by Crippen LogP contribution is 2.54. The monoisotopic (exact) mass is 400 g/mol. The minimum absolute atomic E-state index is 0.0175. The number of phenols is 1. The summed E-state index contributed by atoms with van der Waals surface area (Å²) in [4.78, 5) is 37.5. The Morgan fingerprint density at radius 3 is 2.45 bits per heavy atom. The Hall–Kier alpha value is -2.88. The van der Waals surface area contributed by atoms with Crippen molar-refractivity contribution in [2.45, 2.75) is 37.5 Å². The molecule has 1 aromatic rings. The number of aliphatic hydroxyl groups excluding tert-OH is 2. The largest absolute Gasteiger partial charge is 0.507 e. The molecule has 0 heterocycles. The lowest BCUT2D eigenvalue weighted by atomic mass is 9.54. The van der Waals surface area contributed by atoms with Crippen LogP contribution in [-0.4, -0.2) is 49.7 Å². The van der Waals surface area contributed by atoms with E-state index in [1.807, 2.05) is 0 Å². The van der Waals surface area contributed by atoms with Gasteiger partial charge in [-0.25, -0.2) is 0 Å². The van der Waals surface area contributed by atoms with Gasteiger partial charge in [-0.2, -0.15) is 0 Å². The van der Waals surface area contributed by atoms with Crippen molar-refractivity contribution in [2.75, 3.05) is 0 Å². The van der Waals surface area contributed by atoms with Crippen LogP contribution in [-0.2, 0) is 9.59 Å². The Balaban J connectivity index is 2.02. The first kappa shape index (κ1) is 19.4. The van der Waals surface area contributed by atoms with Gasteiger partial charge in [0.05, 0.1) is 23.6 Å². The molecule has 0 saturated heterocycles. The molecule has 3 aliphatic rings. The smallest absolute Gasteiger partial charge is 0.202 e. The Labute approximate surface area is 165 Å². The molecular weight excluding hydrogens is 380 g/mol. The number of Topliss-reactive ketones (excluding diaryl/α,β-unsaturated/α-hetero) is 2. The number of fused-ring (bicyclic) bond motifs is 3. The minimum Gasteiger partial charge on any atom is -0.507 e. The van der Waals surface area contributed by atoms with E-state index in [1.54, 1.807) is 19.1 Å². The first-order valence-electron chi connectivity index (χ1n) is 9.14. The molecule has 29 heavy (non-hydrogen) atoms. The maximum Gasteiger partial charge on any atom is 0.202 e. The fraction of sp³-hybridized carbons (Fsp3) is 0.400. The van der Waals surface area contributed by atoms with Crippen molar-refractivity contribution in [2.24, 2.45) is 22.7 Å². The molecule has 0 bridgehead atoms. The van der Waals surface area contributed by atoms with Crippen LogP contribution in [0.15, 0.2) is 40.2 Å². The van der Waals surface area contributed by atoms with Gasteiger partial charge in [-0.1, -0.05) is 19.1 Å². The molecule has 0 aromatic heterocycles. The van der Waals surface area contributed by atoms with Crippen molar-refractivity contribution in [1.29, 1.82) is 0 Å². The number of hydrogen-bond donors (Lipinski definition) is 5. The summed E-state index contributed by atoms with van der Waals surface area (Å²) in [5, 5.41) is 46.1. The van der Waals surface area contributed by atoms with Gasteiger partial charge >= 0.3 is 0 Å². The number of hydrogen-bond acceptors (Lipinski definition) is 9. The number of benzene rings is 1. The summed E-state index contributed by atoms with van der Waals surface area (Å²) >= 11 is 0. The first-order valence-corrected chi connectivity index (χ1v) is 9.14. The van der Waals surface area contributed by atoms with Crippen LogP contribution in [0.3, 0.4) is 0 Å². The van der Waals surface area contributed by atoms with E-state index in [9.17, 15) is 34.9 Å². The van der Waals surface area contributed by atoms with Crippen LogP contribution < -0.4 is 5.73 Å². The van der Waals surface area contributed by atoms with E-state index in [-0.39, 0.29) is 28.2 Å². The minimum atomic E-state index is -2.75. The molecule has 0 aliphatic heterocycles. The van der Waals surface area contributed by atoms with E-state index < -0.39 is 52.8 Å². The number of nitrogens with zero attached hydrogens (tertiary/aromatic N) is 1. The molecule has 6 N–H and O–H groups in total. The number of carbonyl (C=O) groups excluding carboxylic acids is 2. The molecule has 6 unspecified atom stereocenters. The number of phenolic OH excluding ortho intramolecular Hbond substituents is 1. The predicted octanol–water partition coefficient (Wildman–Crippen LogP) is 0.636. The van der Waals surface area contributed by atoms with Gasteiger partial charge in [0, 0.05) is 17.1 Å². The maximum absolute atomic E-state index is 13.4. The van der Waals surface area contributed by atoms with Gasteiger partial charge in [-0.15, -0.1) is 4.91 Å². The molecule has 9 nitrogen and oxygen atoms in total. The van der Waals surface area contributed by atoms with E-state index in [4.69, 9.17) is 5.73 Å². The zero-order chi connectivity index (χ0) is 21.4. The van der Waals surface area contributed by atoms with Crippen molar-refractivity contribution in [1.82, 2.24) is 0 Å². The van der Waals surface area contributed by atoms with Gasteiger partial charge in [0.15, 0.2) is 5.60 Å². The van der Waals surface area contributed by atoms with Crippen molar-refractivity contribution in [3.63, 3.8) is 0 Å². The van der Waals surface area contributed by atoms with E-state index in [0.29, 0.717) is 5.56 Å². The highest BCUT2D eigenvalue weighted by atomic mass is 16.3. The lowest BCUT2D eigenvalue weighted by molar-refractivity contribution is -0.169. The first-order chi connectivity index (χ1) is 13.6. The van der Waals surface area contributed by atoms with Gasteiger partial charge in [0.2, 0.25) is 11.6 Å². The van der Waals surface area contributed by atoms with Crippen molar-refractivity contribution in [3.8, 4) is 5.75 Å². The molecule has 0 radical (unpaired) electrons. The van der Waals surface area contributed by atoms with Gasteiger partial charge in [0.1, 0.15) is 17.2 Å². The lowest BCUT2D eigenvalue weighted by Gasteiger charge is -2.51. The molecule has 152 valence electrons. The van der Waals surface area contributed by atoms with Crippen LogP contribution >= 0.6 is 0 Å². The molecule has 0 amide bonds. The van der Waals surface area contributed by atoms with Crippen LogP contribution in [0.5, 0.6) is 5.75 Å². The highest BCUT2D eigenvalue weighted by Gasteiger charge is 2.67. The third-order valence-electron chi connectivity index (χ3n) is 6.61. The number of aromatic hydroxyl groups is 1. The average Bonchev–Trinajstić information content (AvgIpc) is 2.67. The summed E-state index contributed by atoms with van der Waals surface area (Å²) in [5.74, 6) is -6.13. The van der Waals surface area contributed by atoms with Crippen LogP contribution in [0.4, 0.5) is 0 Å². The highest BCUT2D eigenvalue weighted by molar-refractivity contribution is 6.25. The summed E-state index contributed by atoms with van der Waals surface area (Å²) in [6, 6.07) is 3.18. The van der Waals surface area contributed by atoms with Crippen LogP contribution in [0.2, 0.25) is 0 Å². The number of nitroso groups, excluding NO2 is 1. The number of aliphatic hydroxyl groups is 3. The van der Waals surface area contributed by atoms with E-state index in [0.717, 1.165) is 0 Å². The van der Waals surface area contributed by atoms with Crippen molar-refractivity contribution < 1.29 is 30.0 Å². The summed E-state index contributed by atoms with van der Waals surface area (Å²) < 4.78 is 0. The molecule has 4 rings (SSSR count). The topological polar surface area (TPSA) is 171 Å². The van der Waals surface area contributed by atoms with Crippen molar-refractivity contribution >= 4 is 17.3 Å². The summed E-state index contributed by atoms with van der Waals surface area (Å²) in [5.41, 5.74) is 2.89. The number of ketones is 2. The zero-order valence-corrected chi connectivity index (χ0v) is 15.7. The lowest BCUT2D eigenvalue weighted by Crippen LogP contribution is -2.70. The van der Waals surface area contributed by atoms with Gasteiger partial charge in [-0.3, -0.25) is 9.59 Å². The third kappa shape index (κ3) is 2.14.